The summed E-state index contributed by atoms with van der Waals surface area (Å²) in [6, 6.07) is 0. The summed E-state index contributed by atoms with van der Waals surface area (Å²) in [5, 5.41) is 8.67. The fourth-order valence-electron chi connectivity index (χ4n) is 1.25. The molecule has 6 heteroatoms. The Bertz CT molecular complexity index is 393. The summed E-state index contributed by atoms with van der Waals surface area (Å²) in [4.78, 5) is 14.1. The van der Waals surface area contributed by atoms with Crippen LogP contribution in [-0.4, -0.2) is 23.2 Å². The first kappa shape index (κ1) is 11.4. The molecule has 0 atom stereocenters. The molecule has 1 aromatic heterocycles. The lowest BCUT2D eigenvalue weighted by Gasteiger charge is -2.12. The van der Waals surface area contributed by atoms with Gasteiger partial charge in [-0.1, -0.05) is 0 Å². The maximum absolute atomic E-state index is 12.6. The smallest absolute Gasteiger partial charge is 0.355 e. The highest BCUT2D eigenvalue weighted by molar-refractivity contribution is 5.88. The second-order valence-electron chi connectivity index (χ2n) is 2.84. The number of hydrogen-bond donors (Lipinski definition) is 1. The van der Waals surface area contributed by atoms with Gasteiger partial charge in [-0.3, -0.25) is 0 Å². The molecule has 0 aromatic carbocycles. The van der Waals surface area contributed by atoms with Gasteiger partial charge < -0.3 is 9.84 Å². The molecule has 0 aliphatic carbocycles. The van der Waals surface area contributed by atoms with Gasteiger partial charge in [0.05, 0.1) is 12.7 Å². The van der Waals surface area contributed by atoms with Gasteiger partial charge in [0.2, 0.25) is 0 Å². The first-order chi connectivity index (χ1) is 6.99. The summed E-state index contributed by atoms with van der Waals surface area (Å²) in [5.41, 5.74) is -0.977. The minimum absolute atomic E-state index is 0.127. The van der Waals surface area contributed by atoms with Crippen LogP contribution in [0.15, 0.2) is 6.20 Å². The second-order valence-corrected chi connectivity index (χ2v) is 2.84. The van der Waals surface area contributed by atoms with Crippen LogP contribution < -0.4 is 4.74 Å². The number of ether oxygens (including phenoxy) is 1. The molecule has 0 amide bonds. The Hall–Kier alpha value is -1.72. The predicted molar refractivity (Wildman–Crippen MR) is 47.4 cm³/mol. The quantitative estimate of drug-likeness (QED) is 0.841. The molecular weight excluding hydrogens is 208 g/mol. The van der Waals surface area contributed by atoms with Crippen molar-refractivity contribution in [2.75, 3.05) is 7.11 Å². The van der Waals surface area contributed by atoms with Crippen molar-refractivity contribution in [3.63, 3.8) is 0 Å². The molecule has 1 heterocycles. The van der Waals surface area contributed by atoms with Crippen LogP contribution in [0.5, 0.6) is 5.75 Å². The van der Waals surface area contributed by atoms with Crippen molar-refractivity contribution in [3.05, 3.63) is 23.0 Å². The number of carboxylic acids is 1. The molecule has 1 aromatic rings. The molecule has 15 heavy (non-hydrogen) atoms. The highest BCUT2D eigenvalue weighted by atomic mass is 19.3. The summed E-state index contributed by atoms with van der Waals surface area (Å²) < 4.78 is 30.0. The van der Waals surface area contributed by atoms with Crippen molar-refractivity contribution in [2.24, 2.45) is 0 Å². The number of aromatic carboxylic acids is 1. The largest absolute Gasteiger partial charge is 0.496 e. The molecule has 0 bridgehead atoms. The zero-order valence-corrected chi connectivity index (χ0v) is 8.12. The number of pyridine rings is 1. The zero-order valence-electron chi connectivity index (χ0n) is 8.12. The molecular formula is C9H9F2NO3. The molecule has 0 aliphatic heterocycles. The molecule has 0 unspecified atom stereocenters. The third kappa shape index (κ3) is 2.03. The summed E-state index contributed by atoms with van der Waals surface area (Å²) >= 11 is 0. The number of methoxy groups -OCH3 is 1. The highest BCUT2D eigenvalue weighted by Gasteiger charge is 2.25. The Balaban J connectivity index is 3.49. The van der Waals surface area contributed by atoms with Gasteiger partial charge in [0.15, 0.2) is 5.69 Å². The van der Waals surface area contributed by atoms with E-state index in [2.05, 4.69) is 4.98 Å². The fraction of sp³-hybridized carbons (Fsp3) is 0.333. The number of rotatable bonds is 3. The summed E-state index contributed by atoms with van der Waals surface area (Å²) in [5.74, 6) is -1.62. The van der Waals surface area contributed by atoms with Crippen molar-refractivity contribution in [1.29, 1.82) is 0 Å². The van der Waals surface area contributed by atoms with Crippen LogP contribution in [0, 0.1) is 6.92 Å². The van der Waals surface area contributed by atoms with Crippen molar-refractivity contribution < 1.29 is 23.4 Å². The number of nitrogens with zero attached hydrogens (tertiary/aromatic N) is 1. The third-order valence-electron chi connectivity index (χ3n) is 1.87. The van der Waals surface area contributed by atoms with Gasteiger partial charge >= 0.3 is 5.97 Å². The van der Waals surface area contributed by atoms with Gasteiger partial charge in [-0.05, 0) is 6.92 Å². The number of carbonyl (C=O) groups is 1. The van der Waals surface area contributed by atoms with Crippen LogP contribution in [0.25, 0.3) is 0 Å². The summed E-state index contributed by atoms with van der Waals surface area (Å²) in [7, 11) is 1.21. The highest BCUT2D eigenvalue weighted by Crippen LogP contribution is 2.33. The fourth-order valence-corrected chi connectivity index (χ4v) is 1.25. The van der Waals surface area contributed by atoms with E-state index in [4.69, 9.17) is 9.84 Å². The number of halogens is 2. The number of carboxylic acid groups (broad SMARTS) is 1. The molecule has 0 fully saturated rings. The molecule has 0 aliphatic rings. The molecule has 0 spiro atoms. The Morgan fingerprint density at radius 3 is 2.60 bits per heavy atom. The lowest BCUT2D eigenvalue weighted by atomic mass is 10.1. The SMILES string of the molecule is COc1c(C)cnc(C(=O)O)c1C(F)F. The standard InChI is InChI=1S/C9H9F2NO3/c1-4-3-12-6(9(13)14)5(8(10)11)7(4)15-2/h3,8H,1-2H3,(H,13,14). The average molecular weight is 217 g/mol. The van der Waals surface area contributed by atoms with Crippen molar-refractivity contribution in [3.8, 4) is 5.75 Å². The van der Waals surface area contributed by atoms with Gasteiger partial charge in [-0.2, -0.15) is 0 Å². The number of hydrogen-bond acceptors (Lipinski definition) is 3. The van der Waals surface area contributed by atoms with Crippen molar-refractivity contribution >= 4 is 5.97 Å². The summed E-state index contributed by atoms with van der Waals surface area (Å²) in [6.45, 7) is 1.52. The van der Waals surface area contributed by atoms with Crippen LogP contribution in [-0.2, 0) is 0 Å². The van der Waals surface area contributed by atoms with E-state index < -0.39 is 23.7 Å². The van der Waals surface area contributed by atoms with Crippen LogP contribution in [0.1, 0.15) is 28.0 Å². The van der Waals surface area contributed by atoms with Crippen LogP contribution >= 0.6 is 0 Å². The molecule has 4 nitrogen and oxygen atoms in total. The minimum Gasteiger partial charge on any atom is -0.496 e. The number of alkyl halides is 2. The van der Waals surface area contributed by atoms with Gasteiger partial charge in [-0.25, -0.2) is 18.6 Å². The lowest BCUT2D eigenvalue weighted by molar-refractivity contribution is 0.0675. The lowest BCUT2D eigenvalue weighted by Crippen LogP contribution is -2.09. The maximum Gasteiger partial charge on any atom is 0.355 e. The van der Waals surface area contributed by atoms with E-state index in [0.29, 0.717) is 5.56 Å². The van der Waals surface area contributed by atoms with Crippen LogP contribution in [0.3, 0.4) is 0 Å². The monoisotopic (exact) mass is 217 g/mol. The van der Waals surface area contributed by atoms with E-state index in [-0.39, 0.29) is 5.75 Å². The van der Waals surface area contributed by atoms with Gasteiger partial charge in [0.1, 0.15) is 5.75 Å². The van der Waals surface area contributed by atoms with Gasteiger partial charge in [-0.15, -0.1) is 0 Å². The van der Waals surface area contributed by atoms with E-state index in [9.17, 15) is 13.6 Å². The first-order valence-corrected chi connectivity index (χ1v) is 4.04. The molecule has 1 rings (SSSR count). The molecule has 0 saturated heterocycles. The molecule has 0 saturated carbocycles. The van der Waals surface area contributed by atoms with Crippen LogP contribution in [0.2, 0.25) is 0 Å². The second kappa shape index (κ2) is 4.20. The Labute approximate surface area is 84.5 Å². The van der Waals surface area contributed by atoms with E-state index in [1.165, 1.54) is 20.2 Å². The third-order valence-corrected chi connectivity index (χ3v) is 1.87. The van der Waals surface area contributed by atoms with Crippen molar-refractivity contribution in [2.45, 2.75) is 13.3 Å². The Kier molecular flexibility index (Phi) is 3.18. The van der Waals surface area contributed by atoms with Gasteiger partial charge in [0, 0.05) is 11.8 Å². The Morgan fingerprint density at radius 1 is 1.60 bits per heavy atom. The minimum atomic E-state index is -2.93. The molecule has 1 N–H and O–H groups in total. The van der Waals surface area contributed by atoms with E-state index in [1.54, 1.807) is 0 Å². The number of aromatic nitrogens is 1. The summed E-state index contributed by atoms with van der Waals surface area (Å²) in [6.07, 6.45) is -1.74. The molecule has 82 valence electrons. The average Bonchev–Trinajstić information content (AvgIpc) is 2.16. The normalized spacial score (nSPS) is 10.5. The maximum atomic E-state index is 12.6. The van der Waals surface area contributed by atoms with E-state index in [1.807, 2.05) is 0 Å². The zero-order chi connectivity index (χ0) is 11.6. The van der Waals surface area contributed by atoms with E-state index in [0.717, 1.165) is 0 Å². The topological polar surface area (TPSA) is 59.4 Å². The number of aryl methyl sites for hydroxylation is 1. The molecule has 0 radical (unpaired) electrons. The first-order valence-electron chi connectivity index (χ1n) is 4.04. The van der Waals surface area contributed by atoms with Crippen LogP contribution in [0.4, 0.5) is 8.78 Å². The van der Waals surface area contributed by atoms with E-state index >= 15 is 0 Å². The Morgan fingerprint density at radius 2 is 2.20 bits per heavy atom. The van der Waals surface area contributed by atoms with Crippen molar-refractivity contribution in [1.82, 2.24) is 4.98 Å². The van der Waals surface area contributed by atoms with Gasteiger partial charge in [0.25, 0.3) is 6.43 Å². The predicted octanol–water partition coefficient (Wildman–Crippen LogP) is 2.03.